The number of rotatable bonds is 24. The summed E-state index contributed by atoms with van der Waals surface area (Å²) in [5.74, 6) is -0.893. The maximum atomic E-state index is 12.1. The van der Waals surface area contributed by atoms with E-state index in [0.29, 0.717) is 6.42 Å². The van der Waals surface area contributed by atoms with E-state index in [1.54, 1.807) is 0 Å². The van der Waals surface area contributed by atoms with Gasteiger partial charge in [-0.2, -0.15) is 0 Å². The van der Waals surface area contributed by atoms with E-state index in [-0.39, 0.29) is 19.4 Å². The Morgan fingerprint density at radius 1 is 0.647 bits per heavy atom. The summed E-state index contributed by atoms with van der Waals surface area (Å²) < 4.78 is 25.9. The highest BCUT2D eigenvalue weighted by Gasteiger charge is 2.22. The van der Waals surface area contributed by atoms with Gasteiger partial charge in [-0.1, -0.05) is 104 Å². The van der Waals surface area contributed by atoms with Crippen molar-refractivity contribution in [3.05, 3.63) is 0 Å². The summed E-state index contributed by atoms with van der Waals surface area (Å²) in [6, 6.07) is 0. The minimum absolute atomic E-state index is 0.216. The smallest absolute Gasteiger partial charge is 0.462 e. The Labute approximate surface area is 206 Å². The van der Waals surface area contributed by atoms with Crippen LogP contribution in [0.15, 0.2) is 0 Å². The molecule has 0 aromatic rings. The van der Waals surface area contributed by atoms with Crippen LogP contribution < -0.4 is 0 Å². The summed E-state index contributed by atoms with van der Waals surface area (Å²) in [4.78, 5) is 42.0. The van der Waals surface area contributed by atoms with E-state index in [1.165, 1.54) is 57.8 Å². The van der Waals surface area contributed by atoms with Crippen LogP contribution in [0, 0.1) is 0 Å². The van der Waals surface area contributed by atoms with E-state index in [2.05, 4.69) is 18.4 Å². The highest BCUT2D eigenvalue weighted by molar-refractivity contribution is 7.46. The summed E-state index contributed by atoms with van der Waals surface area (Å²) >= 11 is 0. The molecule has 0 aromatic carbocycles. The standard InChI is InChI=1S/C25H49O8P/c1-3-5-7-9-11-13-15-17-19-24(26)31-21-23(22-32-34(28,29)30)33-25(27)20-18-16-14-12-10-8-6-4-2/h23H,3-22H2,1-2H3,(H2,28,29,30)/t23-/m1/s1. The van der Waals surface area contributed by atoms with Gasteiger partial charge in [0.2, 0.25) is 0 Å². The van der Waals surface area contributed by atoms with Gasteiger partial charge in [-0.15, -0.1) is 0 Å². The predicted octanol–water partition coefficient (Wildman–Crippen LogP) is 6.61. The van der Waals surface area contributed by atoms with Gasteiger partial charge in [-0.05, 0) is 12.8 Å². The molecule has 0 bridgehead atoms. The largest absolute Gasteiger partial charge is 0.469 e. The van der Waals surface area contributed by atoms with Crippen molar-refractivity contribution >= 4 is 19.8 Å². The lowest BCUT2D eigenvalue weighted by Crippen LogP contribution is -2.29. The van der Waals surface area contributed by atoms with Crippen molar-refractivity contribution < 1.29 is 37.9 Å². The second-order valence-electron chi connectivity index (χ2n) is 9.03. The molecule has 0 saturated carbocycles. The molecule has 0 radical (unpaired) electrons. The lowest BCUT2D eigenvalue weighted by atomic mass is 10.1. The second-order valence-corrected chi connectivity index (χ2v) is 10.3. The Morgan fingerprint density at radius 3 is 1.50 bits per heavy atom. The number of unbranched alkanes of at least 4 members (excludes halogenated alkanes) is 14. The zero-order chi connectivity index (χ0) is 25.5. The Morgan fingerprint density at radius 2 is 1.06 bits per heavy atom. The first kappa shape index (κ1) is 33.0. The monoisotopic (exact) mass is 508 g/mol. The van der Waals surface area contributed by atoms with Crippen molar-refractivity contribution in [2.75, 3.05) is 13.2 Å². The highest BCUT2D eigenvalue weighted by atomic mass is 31.2. The Balaban J connectivity index is 4.13. The van der Waals surface area contributed by atoms with E-state index >= 15 is 0 Å². The normalized spacial score (nSPS) is 12.5. The number of phosphoric ester groups is 1. The molecule has 0 fully saturated rings. The number of esters is 2. The van der Waals surface area contributed by atoms with Gasteiger partial charge in [0.05, 0.1) is 6.61 Å². The molecule has 0 saturated heterocycles. The topological polar surface area (TPSA) is 119 Å². The number of phosphoric acid groups is 1. The van der Waals surface area contributed by atoms with Crippen LogP contribution in [0.4, 0.5) is 0 Å². The molecule has 0 rings (SSSR count). The molecule has 0 aliphatic carbocycles. The summed E-state index contributed by atoms with van der Waals surface area (Å²) in [5, 5.41) is 0. The third kappa shape index (κ3) is 24.2. The van der Waals surface area contributed by atoms with Gasteiger partial charge in [0.15, 0.2) is 6.10 Å². The van der Waals surface area contributed by atoms with Gasteiger partial charge in [-0.25, -0.2) is 4.57 Å². The first-order valence-corrected chi connectivity index (χ1v) is 14.9. The number of hydrogen-bond acceptors (Lipinski definition) is 6. The van der Waals surface area contributed by atoms with Gasteiger partial charge in [-0.3, -0.25) is 14.1 Å². The van der Waals surface area contributed by atoms with Crippen molar-refractivity contribution in [1.29, 1.82) is 0 Å². The van der Waals surface area contributed by atoms with Gasteiger partial charge in [0, 0.05) is 12.8 Å². The van der Waals surface area contributed by atoms with E-state index < -0.39 is 32.5 Å². The summed E-state index contributed by atoms with van der Waals surface area (Å²) in [7, 11) is -4.72. The summed E-state index contributed by atoms with van der Waals surface area (Å²) in [5.41, 5.74) is 0. The molecular weight excluding hydrogens is 459 g/mol. The molecule has 0 aliphatic rings. The number of ether oxygens (including phenoxy) is 2. The minimum atomic E-state index is -4.72. The Bertz CT molecular complexity index is 549. The third-order valence-corrected chi connectivity index (χ3v) is 6.11. The molecule has 2 N–H and O–H groups in total. The van der Waals surface area contributed by atoms with E-state index in [4.69, 9.17) is 19.3 Å². The zero-order valence-electron chi connectivity index (χ0n) is 21.5. The van der Waals surface area contributed by atoms with Gasteiger partial charge < -0.3 is 19.3 Å². The quantitative estimate of drug-likeness (QED) is 0.0849. The average molecular weight is 509 g/mol. The van der Waals surface area contributed by atoms with E-state index in [1.807, 2.05) is 0 Å². The molecule has 8 nitrogen and oxygen atoms in total. The zero-order valence-corrected chi connectivity index (χ0v) is 22.4. The van der Waals surface area contributed by atoms with Crippen molar-refractivity contribution in [2.24, 2.45) is 0 Å². The first-order valence-electron chi connectivity index (χ1n) is 13.3. The Kier molecular flexibility index (Phi) is 21.9. The molecule has 34 heavy (non-hydrogen) atoms. The van der Waals surface area contributed by atoms with Gasteiger partial charge >= 0.3 is 19.8 Å². The fourth-order valence-corrected chi connectivity index (χ4v) is 3.97. The average Bonchev–Trinajstić information content (AvgIpc) is 2.78. The maximum absolute atomic E-state index is 12.1. The van der Waals surface area contributed by atoms with Crippen LogP contribution in [0.2, 0.25) is 0 Å². The fraction of sp³-hybridized carbons (Fsp3) is 0.920. The highest BCUT2D eigenvalue weighted by Crippen LogP contribution is 2.35. The molecule has 202 valence electrons. The van der Waals surface area contributed by atoms with E-state index in [0.717, 1.165) is 38.5 Å². The lowest BCUT2D eigenvalue weighted by Gasteiger charge is -2.18. The van der Waals surface area contributed by atoms with Crippen LogP contribution in [-0.4, -0.2) is 41.0 Å². The first-order chi connectivity index (χ1) is 16.3. The van der Waals surface area contributed by atoms with Gasteiger partial charge in [0.25, 0.3) is 0 Å². The second kappa shape index (κ2) is 22.5. The van der Waals surface area contributed by atoms with Crippen LogP contribution in [0.5, 0.6) is 0 Å². The molecular formula is C25H49O8P. The molecule has 0 heterocycles. The van der Waals surface area contributed by atoms with Crippen molar-refractivity contribution in [3.63, 3.8) is 0 Å². The number of carbonyl (C=O) groups is 2. The maximum Gasteiger partial charge on any atom is 0.469 e. The molecule has 0 spiro atoms. The van der Waals surface area contributed by atoms with Crippen molar-refractivity contribution in [3.8, 4) is 0 Å². The molecule has 0 aliphatic heterocycles. The molecule has 0 unspecified atom stereocenters. The van der Waals surface area contributed by atoms with Crippen molar-refractivity contribution in [1.82, 2.24) is 0 Å². The summed E-state index contributed by atoms with van der Waals surface area (Å²) in [6.45, 7) is 3.56. The lowest BCUT2D eigenvalue weighted by molar-refractivity contribution is -0.161. The third-order valence-electron chi connectivity index (χ3n) is 5.63. The minimum Gasteiger partial charge on any atom is -0.462 e. The molecule has 1 atom stereocenters. The SMILES string of the molecule is CCCCCCCCCCC(=O)OC[C@H](COP(=O)(O)O)OC(=O)CCCCCCCCCC. The number of hydrogen-bond donors (Lipinski definition) is 2. The van der Waals surface area contributed by atoms with Crippen LogP contribution in [0.1, 0.15) is 129 Å². The van der Waals surface area contributed by atoms with Crippen LogP contribution in [0.25, 0.3) is 0 Å². The molecule has 0 amide bonds. The molecule has 0 aromatic heterocycles. The van der Waals surface area contributed by atoms with Crippen LogP contribution in [0.3, 0.4) is 0 Å². The summed E-state index contributed by atoms with van der Waals surface area (Å²) in [6.07, 6.45) is 17.1. The van der Waals surface area contributed by atoms with Crippen LogP contribution >= 0.6 is 7.82 Å². The van der Waals surface area contributed by atoms with Crippen LogP contribution in [-0.2, 0) is 28.2 Å². The molecule has 9 heteroatoms. The number of carbonyl (C=O) groups excluding carboxylic acids is 2. The fourth-order valence-electron chi connectivity index (χ4n) is 3.61. The van der Waals surface area contributed by atoms with Crippen molar-refractivity contribution in [2.45, 2.75) is 136 Å². The Hall–Kier alpha value is -0.950. The predicted molar refractivity (Wildman–Crippen MR) is 133 cm³/mol. The van der Waals surface area contributed by atoms with Gasteiger partial charge in [0.1, 0.15) is 6.61 Å². The van der Waals surface area contributed by atoms with E-state index in [9.17, 15) is 14.2 Å².